The second-order valence-electron chi connectivity index (χ2n) is 7.04. The third-order valence-corrected chi connectivity index (χ3v) is 6.74. The zero-order chi connectivity index (χ0) is 22.6. The standard InChI is InChI=1S/C17H17FIN2O9P/c1-8-4-10(19)5-9-6-27-31(26,30-13(8)9)28-7-17(18)14(24)12(23)15(29-17)21-3-2-11(22)20-16(21)25/h2-5,12,14-15,23-24H,6-7H2,1H3,(H,20,22,25)/t12-,14+,15-,17-,31?/m1/s1. The molecule has 31 heavy (non-hydrogen) atoms. The second kappa shape index (κ2) is 8.06. The number of aromatic nitrogens is 2. The highest BCUT2D eigenvalue weighted by Crippen LogP contribution is 2.56. The van der Waals surface area contributed by atoms with Gasteiger partial charge in [0.05, 0.1) is 6.61 Å². The summed E-state index contributed by atoms with van der Waals surface area (Å²) in [7, 11) is -4.27. The fraction of sp³-hybridized carbons (Fsp3) is 0.412. The van der Waals surface area contributed by atoms with Gasteiger partial charge >= 0.3 is 13.5 Å². The molecular weight excluding hydrogens is 553 g/mol. The maximum Gasteiger partial charge on any atom is 0.530 e. The predicted octanol–water partition coefficient (Wildman–Crippen LogP) is 1.10. The molecule has 1 saturated heterocycles. The van der Waals surface area contributed by atoms with Gasteiger partial charge in [-0.15, -0.1) is 0 Å². The topological polar surface area (TPSA) is 149 Å². The van der Waals surface area contributed by atoms with E-state index in [4.69, 9.17) is 18.3 Å². The number of alkyl halides is 1. The summed E-state index contributed by atoms with van der Waals surface area (Å²) in [6, 6.07) is 4.52. The average Bonchev–Trinajstić information content (AvgIpc) is 2.92. The van der Waals surface area contributed by atoms with Gasteiger partial charge in [0.1, 0.15) is 24.6 Å². The molecule has 2 aliphatic heterocycles. The van der Waals surface area contributed by atoms with Crippen LogP contribution in [0.15, 0.2) is 34.0 Å². The number of nitrogens with one attached hydrogen (secondary N) is 1. The monoisotopic (exact) mass is 570 g/mol. The molecule has 14 heteroatoms. The zero-order valence-electron chi connectivity index (χ0n) is 15.9. The summed E-state index contributed by atoms with van der Waals surface area (Å²) >= 11 is 2.11. The van der Waals surface area contributed by atoms with E-state index in [2.05, 4.69) is 22.6 Å². The Morgan fingerprint density at radius 2 is 2.16 bits per heavy atom. The number of aromatic amines is 1. The Balaban J connectivity index is 1.52. The van der Waals surface area contributed by atoms with Gasteiger partial charge in [-0.1, -0.05) is 0 Å². The molecule has 0 radical (unpaired) electrons. The van der Waals surface area contributed by atoms with E-state index in [1.807, 2.05) is 4.98 Å². The molecule has 1 aromatic heterocycles. The molecular formula is C17H17FIN2O9P. The number of rotatable bonds is 4. The SMILES string of the molecule is Cc1cc(I)cc2c1OP(=O)(OC[C@@]1(F)O[C@@H](n3ccc(=O)[nH]c3=O)[C@H](O)[C@@H]1O)OC2. The van der Waals surface area contributed by atoms with Crippen molar-refractivity contribution < 1.29 is 37.5 Å². The van der Waals surface area contributed by atoms with Gasteiger partial charge in [-0.2, -0.15) is 0 Å². The molecule has 1 fully saturated rings. The van der Waals surface area contributed by atoms with Crippen molar-refractivity contribution in [3.63, 3.8) is 0 Å². The summed E-state index contributed by atoms with van der Waals surface area (Å²) in [5.41, 5.74) is -0.380. The van der Waals surface area contributed by atoms with Gasteiger partial charge in [0, 0.05) is 21.4 Å². The van der Waals surface area contributed by atoms with E-state index < -0.39 is 50.0 Å². The largest absolute Gasteiger partial charge is 0.530 e. The number of hydrogen-bond acceptors (Lipinski definition) is 9. The minimum absolute atomic E-state index is 0.106. The molecule has 2 aliphatic rings. The quantitative estimate of drug-likeness (QED) is 0.363. The van der Waals surface area contributed by atoms with Crippen LogP contribution in [-0.2, 0) is 25.0 Å². The summed E-state index contributed by atoms with van der Waals surface area (Å²) in [6.07, 6.45) is -4.75. The molecule has 3 N–H and O–H groups in total. The van der Waals surface area contributed by atoms with E-state index in [9.17, 15) is 24.4 Å². The van der Waals surface area contributed by atoms with E-state index >= 15 is 4.39 Å². The number of H-pyrrole nitrogens is 1. The Kier molecular flexibility index (Phi) is 5.87. The fourth-order valence-corrected chi connectivity index (χ4v) is 5.41. The molecule has 0 saturated carbocycles. The first-order chi connectivity index (χ1) is 14.5. The van der Waals surface area contributed by atoms with Gasteiger partial charge in [-0.25, -0.2) is 13.8 Å². The number of nitrogens with zero attached hydrogens (tertiary/aromatic N) is 1. The summed E-state index contributed by atoms with van der Waals surface area (Å²) < 4.78 is 50.3. The third-order valence-electron chi connectivity index (χ3n) is 4.82. The van der Waals surface area contributed by atoms with Crippen LogP contribution in [0.1, 0.15) is 17.4 Å². The van der Waals surface area contributed by atoms with Crippen LogP contribution in [0, 0.1) is 10.5 Å². The highest BCUT2D eigenvalue weighted by atomic mass is 127. The first-order valence-electron chi connectivity index (χ1n) is 8.93. The zero-order valence-corrected chi connectivity index (χ0v) is 18.9. The predicted molar refractivity (Wildman–Crippen MR) is 110 cm³/mol. The Bertz CT molecular complexity index is 1190. The molecule has 1 aromatic carbocycles. The van der Waals surface area contributed by atoms with Crippen molar-refractivity contribution in [2.45, 2.75) is 37.8 Å². The number of aryl methyl sites for hydroxylation is 1. The van der Waals surface area contributed by atoms with Gasteiger partial charge in [-0.05, 0) is 47.2 Å². The molecule has 0 amide bonds. The number of fused-ring (bicyclic) bond motifs is 1. The van der Waals surface area contributed by atoms with Gasteiger partial charge in [0.15, 0.2) is 6.23 Å². The molecule has 4 rings (SSSR count). The lowest BCUT2D eigenvalue weighted by molar-refractivity contribution is -0.205. The number of benzene rings is 1. The van der Waals surface area contributed by atoms with Crippen LogP contribution in [0.5, 0.6) is 5.75 Å². The second-order valence-corrected chi connectivity index (χ2v) is 9.88. The van der Waals surface area contributed by atoms with Gasteiger partial charge in [0.2, 0.25) is 0 Å². The van der Waals surface area contributed by atoms with Gasteiger partial charge in [-0.3, -0.25) is 23.4 Å². The minimum Gasteiger partial charge on any atom is -0.403 e. The third kappa shape index (κ3) is 4.23. The molecule has 0 aliphatic carbocycles. The van der Waals surface area contributed by atoms with Crippen molar-refractivity contribution in [1.29, 1.82) is 0 Å². The highest BCUT2D eigenvalue weighted by Gasteiger charge is 2.57. The summed E-state index contributed by atoms with van der Waals surface area (Å²) in [5, 5.41) is 20.3. The maximum atomic E-state index is 15.3. The molecule has 0 bridgehead atoms. The van der Waals surface area contributed by atoms with Crippen LogP contribution in [0.3, 0.4) is 0 Å². The van der Waals surface area contributed by atoms with Crippen LogP contribution >= 0.6 is 30.4 Å². The molecule has 5 atom stereocenters. The Morgan fingerprint density at radius 3 is 2.87 bits per heavy atom. The van der Waals surface area contributed by atoms with Crippen LogP contribution < -0.4 is 15.8 Å². The highest BCUT2D eigenvalue weighted by molar-refractivity contribution is 14.1. The summed E-state index contributed by atoms with van der Waals surface area (Å²) in [4.78, 5) is 25.0. The molecule has 11 nitrogen and oxygen atoms in total. The summed E-state index contributed by atoms with van der Waals surface area (Å²) in [5.74, 6) is -2.76. The normalized spacial score (nSPS) is 32.5. The molecule has 0 spiro atoms. The van der Waals surface area contributed by atoms with Crippen LogP contribution in [0.2, 0.25) is 0 Å². The number of hydrogen-bond donors (Lipinski definition) is 3. The first kappa shape index (κ1) is 22.6. The van der Waals surface area contributed by atoms with Gasteiger partial charge < -0.3 is 19.5 Å². The number of phosphoric acid groups is 1. The number of ether oxygens (including phenoxy) is 1. The Hall–Kier alpha value is -1.61. The molecule has 2 aromatic rings. The van der Waals surface area contributed by atoms with E-state index in [0.717, 1.165) is 15.8 Å². The molecule has 1 unspecified atom stereocenters. The Labute approximate surface area is 187 Å². The lowest BCUT2D eigenvalue weighted by Gasteiger charge is -2.29. The van der Waals surface area contributed by atoms with Gasteiger partial charge in [0.25, 0.3) is 11.4 Å². The van der Waals surface area contributed by atoms with Crippen molar-refractivity contribution in [2.24, 2.45) is 0 Å². The number of phosphoric ester groups is 1. The first-order valence-corrected chi connectivity index (χ1v) is 11.5. The fourth-order valence-electron chi connectivity index (χ4n) is 3.27. The van der Waals surface area contributed by atoms with E-state index in [1.54, 1.807) is 19.1 Å². The number of aliphatic hydroxyl groups excluding tert-OH is 2. The molecule has 3 heterocycles. The number of aliphatic hydroxyl groups is 2. The van der Waals surface area contributed by atoms with Crippen LogP contribution in [0.25, 0.3) is 0 Å². The van der Waals surface area contributed by atoms with Crippen molar-refractivity contribution in [3.05, 3.63) is 59.9 Å². The average molecular weight is 570 g/mol. The van der Waals surface area contributed by atoms with E-state index in [1.165, 1.54) is 0 Å². The van der Waals surface area contributed by atoms with E-state index in [0.29, 0.717) is 15.7 Å². The number of halogens is 2. The lowest BCUT2D eigenvalue weighted by atomic mass is 10.1. The molecule has 168 valence electrons. The van der Waals surface area contributed by atoms with Crippen molar-refractivity contribution in [3.8, 4) is 5.75 Å². The smallest absolute Gasteiger partial charge is 0.403 e. The Morgan fingerprint density at radius 1 is 1.42 bits per heavy atom. The van der Waals surface area contributed by atoms with E-state index in [-0.39, 0.29) is 12.4 Å². The van der Waals surface area contributed by atoms with Crippen molar-refractivity contribution in [1.82, 2.24) is 9.55 Å². The maximum absolute atomic E-state index is 15.3. The summed E-state index contributed by atoms with van der Waals surface area (Å²) in [6.45, 7) is 0.501. The van der Waals surface area contributed by atoms with Crippen LogP contribution in [-0.4, -0.2) is 44.4 Å². The van der Waals surface area contributed by atoms with Crippen molar-refractivity contribution >= 4 is 30.4 Å². The van der Waals surface area contributed by atoms with Crippen molar-refractivity contribution in [2.75, 3.05) is 6.61 Å². The van der Waals surface area contributed by atoms with Crippen LogP contribution in [0.4, 0.5) is 4.39 Å². The minimum atomic E-state index is -4.27. The lowest BCUT2D eigenvalue weighted by Crippen LogP contribution is -2.43.